The van der Waals surface area contributed by atoms with Crippen molar-refractivity contribution in [2.24, 2.45) is 0 Å². The Kier molecular flexibility index (Phi) is 6.83. The van der Waals surface area contributed by atoms with Gasteiger partial charge in [-0.25, -0.2) is 13.2 Å². The summed E-state index contributed by atoms with van der Waals surface area (Å²) in [7, 11) is 0. The number of nitriles is 1. The van der Waals surface area contributed by atoms with Crippen LogP contribution in [-0.2, 0) is 0 Å². The largest absolute Gasteiger partial charge is 0.461 e. The van der Waals surface area contributed by atoms with Gasteiger partial charge in [0.05, 0.1) is 23.4 Å². The molecule has 0 radical (unpaired) electrons. The first-order chi connectivity index (χ1) is 20.5. The molecule has 4 aromatic rings. The van der Waals surface area contributed by atoms with Crippen LogP contribution in [0.3, 0.4) is 0 Å². The zero-order valence-corrected chi connectivity index (χ0v) is 23.0. The number of nitrogens with zero attached hydrogens (tertiary/aromatic N) is 6. The average molecular weight is 574 g/mol. The summed E-state index contributed by atoms with van der Waals surface area (Å²) in [5, 5.41) is 13.9. The van der Waals surface area contributed by atoms with E-state index in [-0.39, 0.29) is 35.3 Å². The van der Waals surface area contributed by atoms with Crippen molar-refractivity contribution >= 4 is 27.5 Å². The van der Waals surface area contributed by atoms with Crippen LogP contribution in [0.4, 0.5) is 19.0 Å². The van der Waals surface area contributed by atoms with Gasteiger partial charge >= 0.3 is 6.01 Å². The topological polar surface area (TPSA) is 90.2 Å². The van der Waals surface area contributed by atoms with Crippen LogP contribution in [0.15, 0.2) is 42.6 Å². The molecule has 0 amide bonds. The molecular weight excluding hydrogens is 543 g/mol. The third-order valence-corrected chi connectivity index (χ3v) is 8.88. The van der Waals surface area contributed by atoms with Crippen LogP contribution < -0.4 is 15.0 Å². The van der Waals surface area contributed by atoms with Crippen LogP contribution in [0, 0.1) is 23.0 Å². The van der Waals surface area contributed by atoms with Crippen molar-refractivity contribution in [3.05, 3.63) is 54.2 Å². The molecule has 3 fully saturated rings. The highest BCUT2D eigenvalue weighted by Crippen LogP contribution is 2.41. The van der Waals surface area contributed by atoms with Crippen molar-refractivity contribution < 1.29 is 17.9 Å². The van der Waals surface area contributed by atoms with E-state index >= 15 is 4.39 Å². The first-order valence-corrected chi connectivity index (χ1v) is 14.4. The molecule has 3 atom stereocenters. The van der Waals surface area contributed by atoms with E-state index in [0.29, 0.717) is 61.2 Å². The number of aromatic nitrogens is 3. The molecule has 8 nitrogen and oxygen atoms in total. The van der Waals surface area contributed by atoms with Crippen molar-refractivity contribution in [2.75, 3.05) is 44.2 Å². The number of nitrogens with one attached hydrogen (secondary N) is 1. The van der Waals surface area contributed by atoms with Crippen molar-refractivity contribution in [3.63, 3.8) is 0 Å². The molecular formula is C31H30F3N7O. The van der Waals surface area contributed by atoms with Crippen LogP contribution in [0.2, 0.25) is 0 Å². The Morgan fingerprint density at radius 2 is 1.98 bits per heavy atom. The Hall–Kier alpha value is -4.01. The van der Waals surface area contributed by atoms with Crippen LogP contribution in [0.1, 0.15) is 25.7 Å². The number of anilines is 1. The molecule has 2 aromatic heterocycles. The van der Waals surface area contributed by atoms with Gasteiger partial charge in [0.15, 0.2) is 5.82 Å². The average Bonchev–Trinajstić information content (AvgIpc) is 3.52. The van der Waals surface area contributed by atoms with Gasteiger partial charge in [0.1, 0.15) is 35.6 Å². The standard InChI is InChI=1S/C31H30F3N7O/c32-20-14-31(9-3-12-41(31)16-20)18-42-30-38-28-23(29(39-30)40-13-11-36-21(17-40)8-10-35)15-37-27(26(28)34)22-6-1-4-19-5-2-7-24(33)25(19)22/h1-2,4-7,15,20-21,36H,3,8-9,11-14,16-18H2/t20-,21+,31+/m1/s1. The van der Waals surface area contributed by atoms with E-state index in [2.05, 4.69) is 26.3 Å². The summed E-state index contributed by atoms with van der Waals surface area (Å²) < 4.78 is 52.0. The first kappa shape index (κ1) is 26.9. The minimum atomic E-state index is -0.910. The zero-order chi connectivity index (χ0) is 28.8. The summed E-state index contributed by atoms with van der Waals surface area (Å²) in [6.07, 6.45) is 3.09. The van der Waals surface area contributed by atoms with Gasteiger partial charge in [-0.15, -0.1) is 0 Å². The lowest BCUT2D eigenvalue weighted by atomic mass is 9.95. The predicted molar refractivity (Wildman–Crippen MR) is 153 cm³/mol. The maximum absolute atomic E-state index is 16.5. The molecule has 0 saturated carbocycles. The number of alkyl halides is 1. The number of hydrogen-bond donors (Lipinski definition) is 1. The lowest BCUT2D eigenvalue weighted by Gasteiger charge is -2.34. The second kappa shape index (κ2) is 10.7. The normalized spacial score (nSPS) is 24.3. The molecule has 2 aromatic carbocycles. The van der Waals surface area contributed by atoms with Crippen LogP contribution >= 0.6 is 0 Å². The summed E-state index contributed by atoms with van der Waals surface area (Å²) in [4.78, 5) is 17.8. The number of pyridine rings is 1. The smallest absolute Gasteiger partial charge is 0.319 e. The fourth-order valence-electron chi connectivity index (χ4n) is 6.92. The van der Waals surface area contributed by atoms with Gasteiger partial charge < -0.3 is 15.0 Å². The minimum absolute atomic E-state index is 0.00320. The molecule has 3 aliphatic heterocycles. The van der Waals surface area contributed by atoms with Crippen molar-refractivity contribution in [2.45, 2.75) is 43.4 Å². The second-order valence-electron chi connectivity index (χ2n) is 11.5. The van der Waals surface area contributed by atoms with Gasteiger partial charge in [0.25, 0.3) is 0 Å². The highest BCUT2D eigenvalue weighted by molar-refractivity contribution is 5.99. The number of rotatable bonds is 6. The van der Waals surface area contributed by atoms with E-state index in [4.69, 9.17) is 9.72 Å². The third kappa shape index (κ3) is 4.59. The van der Waals surface area contributed by atoms with E-state index in [1.54, 1.807) is 30.3 Å². The summed E-state index contributed by atoms with van der Waals surface area (Å²) in [6, 6.07) is 12.0. The number of piperazine rings is 1. The van der Waals surface area contributed by atoms with E-state index < -0.39 is 23.3 Å². The molecule has 216 valence electrons. The first-order valence-electron chi connectivity index (χ1n) is 14.4. The molecule has 0 unspecified atom stereocenters. The molecule has 0 aliphatic carbocycles. The van der Waals surface area contributed by atoms with Gasteiger partial charge in [-0.05, 0) is 30.8 Å². The number of benzene rings is 2. The van der Waals surface area contributed by atoms with Crippen LogP contribution in [-0.4, -0.2) is 76.9 Å². The van der Waals surface area contributed by atoms with E-state index in [1.807, 2.05) is 4.90 Å². The Bertz CT molecular complexity index is 1710. The van der Waals surface area contributed by atoms with E-state index in [9.17, 15) is 14.0 Å². The SMILES string of the molecule is N#CC[C@H]1CN(c2nc(OC[C@@]34CCCN3C[C@H](F)C4)nc3c(F)c(-c4cccc5cccc(F)c45)ncc23)CCN1. The van der Waals surface area contributed by atoms with E-state index in [1.165, 1.54) is 12.3 Å². The second-order valence-corrected chi connectivity index (χ2v) is 11.5. The van der Waals surface area contributed by atoms with Gasteiger partial charge in [-0.2, -0.15) is 15.2 Å². The third-order valence-electron chi connectivity index (χ3n) is 8.88. The number of ether oxygens (including phenoxy) is 1. The lowest BCUT2D eigenvalue weighted by molar-refractivity contribution is 0.107. The molecule has 0 bridgehead atoms. The predicted octanol–water partition coefficient (Wildman–Crippen LogP) is 4.77. The highest BCUT2D eigenvalue weighted by Gasteiger charge is 2.49. The monoisotopic (exact) mass is 573 g/mol. The Balaban J connectivity index is 1.34. The summed E-state index contributed by atoms with van der Waals surface area (Å²) in [5.41, 5.74) is -0.107. The fraction of sp³-hybridized carbons (Fsp3) is 0.419. The van der Waals surface area contributed by atoms with Crippen molar-refractivity contribution in [1.82, 2.24) is 25.2 Å². The quantitative estimate of drug-likeness (QED) is 0.353. The molecule has 5 heterocycles. The highest BCUT2D eigenvalue weighted by atomic mass is 19.1. The Labute approximate surface area is 241 Å². The molecule has 42 heavy (non-hydrogen) atoms. The maximum atomic E-state index is 16.5. The summed E-state index contributed by atoms with van der Waals surface area (Å²) in [6.45, 7) is 3.09. The zero-order valence-electron chi connectivity index (χ0n) is 23.0. The molecule has 1 N–H and O–H groups in total. The molecule has 7 rings (SSSR count). The lowest BCUT2D eigenvalue weighted by Crippen LogP contribution is -2.51. The Morgan fingerprint density at radius 1 is 1.12 bits per heavy atom. The van der Waals surface area contributed by atoms with Gasteiger partial charge in [0, 0.05) is 55.8 Å². The fourth-order valence-corrected chi connectivity index (χ4v) is 6.92. The van der Waals surface area contributed by atoms with E-state index in [0.717, 1.165) is 19.4 Å². The summed E-state index contributed by atoms with van der Waals surface area (Å²) >= 11 is 0. The van der Waals surface area contributed by atoms with Crippen LogP contribution in [0.25, 0.3) is 32.9 Å². The maximum Gasteiger partial charge on any atom is 0.319 e. The van der Waals surface area contributed by atoms with Gasteiger partial charge in [-0.1, -0.05) is 30.3 Å². The number of halogens is 3. The number of fused-ring (bicyclic) bond motifs is 3. The molecule has 3 saturated heterocycles. The van der Waals surface area contributed by atoms with Crippen molar-refractivity contribution in [3.8, 4) is 23.3 Å². The molecule has 3 aliphatic rings. The summed E-state index contributed by atoms with van der Waals surface area (Å²) in [5.74, 6) is -0.716. The molecule has 11 heteroatoms. The van der Waals surface area contributed by atoms with Gasteiger partial charge in [-0.3, -0.25) is 9.88 Å². The Morgan fingerprint density at radius 3 is 2.83 bits per heavy atom. The molecule has 0 spiro atoms. The van der Waals surface area contributed by atoms with Crippen molar-refractivity contribution in [1.29, 1.82) is 5.26 Å². The van der Waals surface area contributed by atoms with Gasteiger partial charge in [0.2, 0.25) is 0 Å². The number of hydrogen-bond acceptors (Lipinski definition) is 8. The van der Waals surface area contributed by atoms with Crippen LogP contribution in [0.5, 0.6) is 6.01 Å². The minimum Gasteiger partial charge on any atom is -0.461 e.